The minimum Gasteiger partial charge on any atom is -0.483 e. The Labute approximate surface area is 128 Å². The van der Waals surface area contributed by atoms with E-state index in [0.29, 0.717) is 4.47 Å². The van der Waals surface area contributed by atoms with E-state index in [4.69, 9.17) is 9.84 Å². The van der Waals surface area contributed by atoms with E-state index in [1.165, 1.54) is 12.1 Å². The molecule has 1 aromatic rings. The molecule has 112 valence electrons. The zero-order valence-electron chi connectivity index (χ0n) is 10.9. The molecule has 1 aromatic carbocycles. The van der Waals surface area contributed by atoms with Gasteiger partial charge in [-0.25, -0.2) is 9.59 Å². The number of carbonyl (C=O) groups is 3. The Balaban J connectivity index is 1.88. The van der Waals surface area contributed by atoms with Gasteiger partial charge in [0.2, 0.25) is 0 Å². The second-order valence-electron chi connectivity index (χ2n) is 4.53. The third kappa shape index (κ3) is 4.75. The number of imide groups is 1. The minimum absolute atomic E-state index is 0.0588. The van der Waals surface area contributed by atoms with E-state index in [9.17, 15) is 14.4 Å². The van der Waals surface area contributed by atoms with E-state index in [0.717, 1.165) is 12.8 Å². The van der Waals surface area contributed by atoms with Gasteiger partial charge in [0.05, 0.1) is 0 Å². The fourth-order valence-electron chi connectivity index (χ4n) is 1.55. The summed E-state index contributed by atoms with van der Waals surface area (Å²) in [5, 5.41) is 13.7. The Morgan fingerprint density at radius 3 is 2.67 bits per heavy atom. The first kappa shape index (κ1) is 15.3. The van der Waals surface area contributed by atoms with Crippen LogP contribution < -0.4 is 15.4 Å². The third-order valence-electron chi connectivity index (χ3n) is 2.70. The largest absolute Gasteiger partial charge is 0.483 e. The molecule has 0 bridgehead atoms. The van der Waals surface area contributed by atoms with Crippen molar-refractivity contribution in [3.63, 3.8) is 0 Å². The van der Waals surface area contributed by atoms with Crippen LogP contribution in [0, 0.1) is 0 Å². The highest BCUT2D eigenvalue weighted by Gasteiger charge is 2.24. The Kier molecular flexibility index (Phi) is 4.79. The predicted octanol–water partition coefficient (Wildman–Crippen LogP) is 1.51. The van der Waals surface area contributed by atoms with Crippen LogP contribution in [0.4, 0.5) is 4.79 Å². The summed E-state index contributed by atoms with van der Waals surface area (Å²) in [7, 11) is 0. The first-order valence-corrected chi connectivity index (χ1v) is 7.01. The van der Waals surface area contributed by atoms with Crippen molar-refractivity contribution in [2.24, 2.45) is 0 Å². The van der Waals surface area contributed by atoms with Crippen LogP contribution in [-0.2, 0) is 4.79 Å². The molecule has 0 aromatic heterocycles. The van der Waals surface area contributed by atoms with E-state index < -0.39 is 24.5 Å². The predicted molar refractivity (Wildman–Crippen MR) is 76.3 cm³/mol. The van der Waals surface area contributed by atoms with Gasteiger partial charge in [-0.1, -0.05) is 15.9 Å². The van der Waals surface area contributed by atoms with Crippen LogP contribution in [0.25, 0.3) is 0 Å². The van der Waals surface area contributed by atoms with Crippen LogP contribution in [0.1, 0.15) is 23.2 Å². The number of aromatic carboxylic acids is 1. The Hall–Kier alpha value is -2.09. The summed E-state index contributed by atoms with van der Waals surface area (Å²) < 4.78 is 5.73. The molecule has 1 fully saturated rings. The van der Waals surface area contributed by atoms with Gasteiger partial charge in [0.25, 0.3) is 5.91 Å². The van der Waals surface area contributed by atoms with Gasteiger partial charge in [-0.3, -0.25) is 10.1 Å². The van der Waals surface area contributed by atoms with Crippen molar-refractivity contribution in [3.8, 4) is 5.75 Å². The van der Waals surface area contributed by atoms with E-state index in [1.807, 2.05) is 0 Å². The molecular weight excluding hydrogens is 344 g/mol. The van der Waals surface area contributed by atoms with Crippen LogP contribution in [0.15, 0.2) is 22.7 Å². The van der Waals surface area contributed by atoms with Gasteiger partial charge in [-0.15, -0.1) is 0 Å². The standard InChI is InChI=1S/C13H13BrN2O5/c14-7-1-4-10(9(5-7)12(18)19)21-6-11(17)16-13(20)15-8-2-3-8/h1,4-5,8H,2-3,6H2,(H,18,19)(H2,15,16,17,20). The summed E-state index contributed by atoms with van der Waals surface area (Å²) in [6.07, 6.45) is 1.83. The lowest BCUT2D eigenvalue weighted by Crippen LogP contribution is -2.42. The first-order valence-electron chi connectivity index (χ1n) is 6.21. The second kappa shape index (κ2) is 6.57. The lowest BCUT2D eigenvalue weighted by Gasteiger charge is -2.10. The molecule has 1 aliphatic rings. The number of hydrogen-bond acceptors (Lipinski definition) is 4. The average Bonchev–Trinajstić information content (AvgIpc) is 3.20. The molecule has 0 heterocycles. The van der Waals surface area contributed by atoms with Gasteiger partial charge in [-0.2, -0.15) is 0 Å². The summed E-state index contributed by atoms with van der Waals surface area (Å²) >= 11 is 3.16. The fourth-order valence-corrected chi connectivity index (χ4v) is 1.91. The molecule has 0 unspecified atom stereocenters. The molecule has 3 amide bonds. The quantitative estimate of drug-likeness (QED) is 0.741. The van der Waals surface area contributed by atoms with Crippen molar-refractivity contribution in [2.45, 2.75) is 18.9 Å². The van der Waals surface area contributed by atoms with Gasteiger partial charge < -0.3 is 15.2 Å². The lowest BCUT2D eigenvalue weighted by atomic mass is 10.2. The molecule has 7 nitrogen and oxygen atoms in total. The fraction of sp³-hybridized carbons (Fsp3) is 0.308. The van der Waals surface area contributed by atoms with Gasteiger partial charge in [0, 0.05) is 10.5 Å². The molecule has 0 aliphatic heterocycles. The lowest BCUT2D eigenvalue weighted by molar-refractivity contribution is -0.122. The first-order chi connectivity index (χ1) is 9.95. The van der Waals surface area contributed by atoms with Crippen molar-refractivity contribution >= 4 is 33.8 Å². The number of rotatable bonds is 5. The Bertz CT molecular complexity index is 586. The highest BCUT2D eigenvalue weighted by Crippen LogP contribution is 2.23. The monoisotopic (exact) mass is 356 g/mol. The van der Waals surface area contributed by atoms with Crippen molar-refractivity contribution in [2.75, 3.05) is 6.61 Å². The molecular formula is C13H13BrN2O5. The minimum atomic E-state index is -1.17. The number of carboxylic acids is 1. The second-order valence-corrected chi connectivity index (χ2v) is 5.45. The van der Waals surface area contributed by atoms with E-state index in [-0.39, 0.29) is 17.4 Å². The topological polar surface area (TPSA) is 105 Å². The van der Waals surface area contributed by atoms with Crippen molar-refractivity contribution < 1.29 is 24.2 Å². The Morgan fingerprint density at radius 2 is 2.05 bits per heavy atom. The summed E-state index contributed by atoms with van der Waals surface area (Å²) in [6.45, 7) is -0.444. The molecule has 0 spiro atoms. The van der Waals surface area contributed by atoms with E-state index >= 15 is 0 Å². The van der Waals surface area contributed by atoms with Crippen LogP contribution >= 0.6 is 15.9 Å². The summed E-state index contributed by atoms with van der Waals surface area (Å²) in [4.78, 5) is 33.9. The normalized spacial score (nSPS) is 13.4. The summed E-state index contributed by atoms with van der Waals surface area (Å²) in [5.41, 5.74) is -0.0698. The number of nitrogens with one attached hydrogen (secondary N) is 2. The number of amides is 3. The number of urea groups is 1. The molecule has 0 saturated heterocycles. The molecule has 1 aliphatic carbocycles. The van der Waals surface area contributed by atoms with Gasteiger partial charge >= 0.3 is 12.0 Å². The SMILES string of the molecule is O=C(COc1ccc(Br)cc1C(=O)O)NC(=O)NC1CC1. The molecule has 0 atom stereocenters. The number of halogens is 1. The van der Waals surface area contributed by atoms with Crippen molar-refractivity contribution in [1.82, 2.24) is 10.6 Å². The van der Waals surface area contributed by atoms with E-state index in [2.05, 4.69) is 26.6 Å². The van der Waals surface area contributed by atoms with Crippen LogP contribution in [0.5, 0.6) is 5.75 Å². The van der Waals surface area contributed by atoms with Gasteiger partial charge in [0.1, 0.15) is 11.3 Å². The zero-order valence-corrected chi connectivity index (χ0v) is 12.5. The summed E-state index contributed by atoms with van der Waals surface area (Å²) in [6, 6.07) is 3.98. The maximum Gasteiger partial charge on any atom is 0.339 e. The molecule has 3 N–H and O–H groups in total. The zero-order chi connectivity index (χ0) is 15.4. The third-order valence-corrected chi connectivity index (χ3v) is 3.19. The number of carboxylic acid groups (broad SMARTS) is 1. The number of ether oxygens (including phenoxy) is 1. The van der Waals surface area contributed by atoms with Gasteiger partial charge in [0.15, 0.2) is 6.61 Å². The van der Waals surface area contributed by atoms with Gasteiger partial charge in [-0.05, 0) is 31.0 Å². The molecule has 21 heavy (non-hydrogen) atoms. The maximum absolute atomic E-state index is 11.5. The van der Waals surface area contributed by atoms with Crippen molar-refractivity contribution in [3.05, 3.63) is 28.2 Å². The number of hydrogen-bond donors (Lipinski definition) is 3. The smallest absolute Gasteiger partial charge is 0.339 e. The van der Waals surface area contributed by atoms with Crippen molar-refractivity contribution in [1.29, 1.82) is 0 Å². The molecule has 1 saturated carbocycles. The Morgan fingerprint density at radius 1 is 1.33 bits per heavy atom. The molecule has 0 radical (unpaired) electrons. The highest BCUT2D eigenvalue weighted by atomic mass is 79.9. The average molecular weight is 357 g/mol. The molecule has 2 rings (SSSR count). The number of carbonyl (C=O) groups excluding carboxylic acids is 2. The maximum atomic E-state index is 11.5. The summed E-state index contributed by atoms with van der Waals surface area (Å²) in [5.74, 6) is -1.76. The van der Waals surface area contributed by atoms with Crippen LogP contribution in [0.2, 0.25) is 0 Å². The highest BCUT2D eigenvalue weighted by molar-refractivity contribution is 9.10. The number of benzene rings is 1. The van der Waals surface area contributed by atoms with Crippen LogP contribution in [-0.4, -0.2) is 35.7 Å². The van der Waals surface area contributed by atoms with E-state index in [1.54, 1.807) is 6.07 Å². The molecule has 8 heteroatoms. The van der Waals surface area contributed by atoms with Crippen LogP contribution in [0.3, 0.4) is 0 Å².